The van der Waals surface area contributed by atoms with Crippen molar-refractivity contribution in [3.63, 3.8) is 0 Å². The van der Waals surface area contributed by atoms with Crippen LogP contribution in [0.4, 0.5) is 0 Å². The van der Waals surface area contributed by atoms with Crippen LogP contribution in [-0.2, 0) is 0 Å². The first kappa shape index (κ1) is 9.61. The van der Waals surface area contributed by atoms with Gasteiger partial charge in [0.1, 0.15) is 0 Å². The largest absolute Gasteiger partial charge is 0.328 e. The Morgan fingerprint density at radius 1 is 1.42 bits per heavy atom. The Bertz CT molecular complexity index is 187. The SMILES string of the molecule is CC#CCC1CC(N)CCC1C. The summed E-state index contributed by atoms with van der Waals surface area (Å²) in [5, 5.41) is 0. The van der Waals surface area contributed by atoms with Crippen LogP contribution in [0.25, 0.3) is 0 Å². The van der Waals surface area contributed by atoms with Crippen molar-refractivity contribution in [3.05, 3.63) is 0 Å². The molecule has 1 fully saturated rings. The molecule has 0 amide bonds. The predicted octanol–water partition coefficient (Wildman–Crippen LogP) is 2.16. The fourth-order valence-electron chi connectivity index (χ4n) is 1.97. The number of hydrogen-bond acceptors (Lipinski definition) is 1. The summed E-state index contributed by atoms with van der Waals surface area (Å²) < 4.78 is 0. The van der Waals surface area contributed by atoms with E-state index in [1.807, 2.05) is 6.92 Å². The van der Waals surface area contributed by atoms with E-state index < -0.39 is 0 Å². The van der Waals surface area contributed by atoms with Gasteiger partial charge in [0.05, 0.1) is 0 Å². The van der Waals surface area contributed by atoms with E-state index in [1.165, 1.54) is 19.3 Å². The molecule has 1 heteroatoms. The van der Waals surface area contributed by atoms with Gasteiger partial charge in [-0.3, -0.25) is 0 Å². The van der Waals surface area contributed by atoms with Gasteiger partial charge in [-0.25, -0.2) is 0 Å². The highest BCUT2D eigenvalue weighted by atomic mass is 14.6. The normalized spacial score (nSPS) is 35.4. The molecule has 0 saturated heterocycles. The van der Waals surface area contributed by atoms with Gasteiger partial charge in [-0.05, 0) is 38.0 Å². The highest BCUT2D eigenvalue weighted by molar-refractivity contribution is 4.98. The van der Waals surface area contributed by atoms with E-state index in [9.17, 15) is 0 Å². The lowest BCUT2D eigenvalue weighted by molar-refractivity contribution is 0.237. The van der Waals surface area contributed by atoms with Crippen LogP contribution in [0.3, 0.4) is 0 Å². The molecule has 0 heterocycles. The topological polar surface area (TPSA) is 26.0 Å². The average molecular weight is 165 g/mol. The quantitative estimate of drug-likeness (QED) is 0.592. The fourth-order valence-corrected chi connectivity index (χ4v) is 1.97. The Hall–Kier alpha value is -0.480. The Balaban J connectivity index is 2.41. The average Bonchev–Trinajstić information content (AvgIpc) is 2.07. The van der Waals surface area contributed by atoms with Crippen LogP contribution >= 0.6 is 0 Å². The Labute approximate surface area is 75.7 Å². The van der Waals surface area contributed by atoms with Crippen LogP contribution in [-0.4, -0.2) is 6.04 Å². The van der Waals surface area contributed by atoms with Gasteiger partial charge in [0.15, 0.2) is 0 Å². The molecule has 0 aromatic carbocycles. The first-order valence-corrected chi connectivity index (χ1v) is 4.89. The van der Waals surface area contributed by atoms with Crippen molar-refractivity contribution in [3.8, 4) is 11.8 Å². The minimum atomic E-state index is 0.435. The summed E-state index contributed by atoms with van der Waals surface area (Å²) >= 11 is 0. The lowest BCUT2D eigenvalue weighted by Crippen LogP contribution is -2.32. The van der Waals surface area contributed by atoms with Gasteiger partial charge in [-0.15, -0.1) is 11.8 Å². The summed E-state index contributed by atoms with van der Waals surface area (Å²) in [6.07, 6.45) is 4.72. The molecule has 0 bridgehead atoms. The summed E-state index contributed by atoms with van der Waals surface area (Å²) in [4.78, 5) is 0. The maximum absolute atomic E-state index is 5.91. The summed E-state index contributed by atoms with van der Waals surface area (Å²) in [5.41, 5.74) is 5.91. The molecule has 0 spiro atoms. The van der Waals surface area contributed by atoms with Crippen molar-refractivity contribution in [1.82, 2.24) is 0 Å². The van der Waals surface area contributed by atoms with Crippen molar-refractivity contribution in [2.24, 2.45) is 17.6 Å². The van der Waals surface area contributed by atoms with Crippen LogP contribution in [0.5, 0.6) is 0 Å². The molecule has 3 atom stereocenters. The van der Waals surface area contributed by atoms with Crippen molar-refractivity contribution >= 4 is 0 Å². The summed E-state index contributed by atoms with van der Waals surface area (Å²) in [6, 6.07) is 0.435. The minimum Gasteiger partial charge on any atom is -0.328 e. The zero-order valence-electron chi connectivity index (χ0n) is 8.14. The molecule has 1 nitrogen and oxygen atoms in total. The molecule has 1 rings (SSSR count). The zero-order chi connectivity index (χ0) is 8.97. The monoisotopic (exact) mass is 165 g/mol. The van der Waals surface area contributed by atoms with E-state index in [0.717, 1.165) is 18.3 Å². The van der Waals surface area contributed by atoms with Crippen LogP contribution in [0, 0.1) is 23.7 Å². The minimum absolute atomic E-state index is 0.435. The summed E-state index contributed by atoms with van der Waals surface area (Å²) in [6.45, 7) is 4.24. The van der Waals surface area contributed by atoms with Crippen molar-refractivity contribution < 1.29 is 0 Å². The highest BCUT2D eigenvalue weighted by Crippen LogP contribution is 2.30. The predicted molar refractivity (Wildman–Crippen MR) is 52.5 cm³/mol. The molecule has 0 aliphatic heterocycles. The number of hydrogen-bond donors (Lipinski definition) is 1. The molecule has 0 radical (unpaired) electrons. The van der Waals surface area contributed by atoms with E-state index in [-0.39, 0.29) is 0 Å². The smallest absolute Gasteiger partial charge is 0.0120 e. The van der Waals surface area contributed by atoms with Crippen molar-refractivity contribution in [2.45, 2.75) is 45.6 Å². The van der Waals surface area contributed by atoms with Crippen molar-refractivity contribution in [2.75, 3.05) is 0 Å². The van der Waals surface area contributed by atoms with Gasteiger partial charge in [0.2, 0.25) is 0 Å². The van der Waals surface area contributed by atoms with E-state index in [2.05, 4.69) is 18.8 Å². The molecule has 1 aliphatic rings. The van der Waals surface area contributed by atoms with Gasteiger partial charge in [-0.2, -0.15) is 0 Å². The second-order valence-electron chi connectivity index (χ2n) is 3.94. The molecule has 0 aromatic heterocycles. The molecule has 1 saturated carbocycles. The summed E-state index contributed by atoms with van der Waals surface area (Å²) in [5.74, 6) is 7.70. The van der Waals surface area contributed by atoms with Gasteiger partial charge in [0, 0.05) is 12.5 Å². The first-order chi connectivity index (χ1) is 5.74. The number of rotatable bonds is 1. The Morgan fingerprint density at radius 2 is 2.17 bits per heavy atom. The van der Waals surface area contributed by atoms with E-state index in [1.54, 1.807) is 0 Å². The highest BCUT2D eigenvalue weighted by Gasteiger charge is 2.24. The molecule has 0 aromatic rings. The molecule has 3 unspecified atom stereocenters. The molecule has 68 valence electrons. The van der Waals surface area contributed by atoms with Crippen LogP contribution in [0.1, 0.15) is 39.5 Å². The lowest BCUT2D eigenvalue weighted by Gasteiger charge is -2.31. The maximum Gasteiger partial charge on any atom is 0.0120 e. The second kappa shape index (κ2) is 4.52. The Morgan fingerprint density at radius 3 is 2.83 bits per heavy atom. The van der Waals surface area contributed by atoms with Crippen molar-refractivity contribution in [1.29, 1.82) is 0 Å². The van der Waals surface area contributed by atoms with Crippen LogP contribution in [0.2, 0.25) is 0 Å². The van der Waals surface area contributed by atoms with E-state index in [4.69, 9.17) is 5.73 Å². The summed E-state index contributed by atoms with van der Waals surface area (Å²) in [7, 11) is 0. The third-order valence-corrected chi connectivity index (χ3v) is 2.94. The fraction of sp³-hybridized carbons (Fsp3) is 0.818. The van der Waals surface area contributed by atoms with Gasteiger partial charge >= 0.3 is 0 Å². The van der Waals surface area contributed by atoms with Crippen LogP contribution < -0.4 is 5.73 Å². The second-order valence-corrected chi connectivity index (χ2v) is 3.94. The maximum atomic E-state index is 5.91. The van der Waals surface area contributed by atoms with Gasteiger partial charge in [-0.1, -0.05) is 6.92 Å². The third kappa shape index (κ3) is 2.53. The van der Waals surface area contributed by atoms with Crippen LogP contribution in [0.15, 0.2) is 0 Å². The molecule has 1 aliphatic carbocycles. The lowest BCUT2D eigenvalue weighted by atomic mass is 9.77. The molecule has 2 N–H and O–H groups in total. The molecular formula is C11H19N. The molecule has 12 heavy (non-hydrogen) atoms. The third-order valence-electron chi connectivity index (χ3n) is 2.94. The Kier molecular flexibility index (Phi) is 3.62. The first-order valence-electron chi connectivity index (χ1n) is 4.89. The van der Waals surface area contributed by atoms with E-state index >= 15 is 0 Å². The van der Waals surface area contributed by atoms with E-state index in [0.29, 0.717) is 6.04 Å². The standard InChI is InChI=1S/C11H19N/c1-3-4-5-10-8-11(12)7-6-9(10)2/h9-11H,5-8,12H2,1-2H3. The van der Waals surface area contributed by atoms with Gasteiger partial charge < -0.3 is 5.73 Å². The molecular weight excluding hydrogens is 146 g/mol. The van der Waals surface area contributed by atoms with Gasteiger partial charge in [0.25, 0.3) is 0 Å². The number of nitrogens with two attached hydrogens (primary N) is 1. The zero-order valence-corrected chi connectivity index (χ0v) is 8.14.